The van der Waals surface area contributed by atoms with E-state index in [2.05, 4.69) is 44.1 Å². The molecule has 0 aliphatic heterocycles. The third-order valence-corrected chi connectivity index (χ3v) is 2.90. The van der Waals surface area contributed by atoms with Crippen LogP contribution >= 0.6 is 0 Å². The molecule has 2 unspecified atom stereocenters. The molecule has 0 bridgehead atoms. The Morgan fingerprint density at radius 2 is 1.94 bits per heavy atom. The molecule has 0 aromatic carbocycles. The second-order valence-electron chi connectivity index (χ2n) is 5.05. The Morgan fingerprint density at radius 1 is 1.19 bits per heavy atom. The van der Waals surface area contributed by atoms with E-state index in [1.165, 1.54) is 18.4 Å². The Hall–Kier alpha value is -0.890. The molecule has 1 N–H and O–H groups in total. The standard InChI is InChI=1S/C14H24N2/c1-11(2)7-8-12(3)16-13(4)14-6-5-9-15-10-14/h5-6,9-13,16H,7-8H2,1-4H3. The summed E-state index contributed by atoms with van der Waals surface area (Å²) in [5, 5.41) is 3.61. The lowest BCUT2D eigenvalue weighted by molar-refractivity contribution is 0.416. The molecule has 16 heavy (non-hydrogen) atoms. The van der Waals surface area contributed by atoms with Crippen LogP contribution in [0.4, 0.5) is 0 Å². The first kappa shape index (κ1) is 13.2. The summed E-state index contributed by atoms with van der Waals surface area (Å²) in [6, 6.07) is 5.07. The average Bonchev–Trinajstić information content (AvgIpc) is 2.27. The van der Waals surface area contributed by atoms with Gasteiger partial charge >= 0.3 is 0 Å². The normalized spacial score (nSPS) is 15.1. The molecule has 2 nitrogen and oxygen atoms in total. The number of rotatable bonds is 6. The molecule has 2 heteroatoms. The molecule has 1 aromatic rings. The van der Waals surface area contributed by atoms with Crippen LogP contribution in [0.3, 0.4) is 0 Å². The van der Waals surface area contributed by atoms with Crippen LogP contribution in [0, 0.1) is 5.92 Å². The van der Waals surface area contributed by atoms with Crippen LogP contribution in [0.25, 0.3) is 0 Å². The smallest absolute Gasteiger partial charge is 0.0315 e. The van der Waals surface area contributed by atoms with E-state index in [0.717, 1.165) is 5.92 Å². The van der Waals surface area contributed by atoms with E-state index in [4.69, 9.17) is 0 Å². The molecule has 0 amide bonds. The number of hydrogen-bond donors (Lipinski definition) is 1. The second kappa shape index (κ2) is 6.64. The van der Waals surface area contributed by atoms with Crippen LogP contribution in [0.2, 0.25) is 0 Å². The van der Waals surface area contributed by atoms with Gasteiger partial charge in [-0.05, 0) is 44.2 Å². The summed E-state index contributed by atoms with van der Waals surface area (Å²) in [6.45, 7) is 9.01. The molecule has 0 fully saturated rings. The molecule has 1 rings (SSSR count). The Bertz CT molecular complexity index is 282. The fourth-order valence-electron chi connectivity index (χ4n) is 1.82. The van der Waals surface area contributed by atoms with Crippen LogP contribution in [-0.4, -0.2) is 11.0 Å². The molecule has 1 heterocycles. The molecule has 90 valence electrons. The Balaban J connectivity index is 2.36. The van der Waals surface area contributed by atoms with Gasteiger partial charge in [0, 0.05) is 24.5 Å². The number of pyridine rings is 1. The van der Waals surface area contributed by atoms with Gasteiger partial charge in [0.25, 0.3) is 0 Å². The van der Waals surface area contributed by atoms with Gasteiger partial charge in [-0.2, -0.15) is 0 Å². The monoisotopic (exact) mass is 220 g/mol. The summed E-state index contributed by atoms with van der Waals surface area (Å²) in [5.74, 6) is 0.790. The van der Waals surface area contributed by atoms with Crippen molar-refractivity contribution < 1.29 is 0 Å². The maximum absolute atomic E-state index is 4.15. The van der Waals surface area contributed by atoms with E-state index in [0.29, 0.717) is 12.1 Å². The van der Waals surface area contributed by atoms with Gasteiger partial charge in [0.05, 0.1) is 0 Å². The predicted octanol–water partition coefficient (Wildman–Crippen LogP) is 3.56. The van der Waals surface area contributed by atoms with Crippen molar-refractivity contribution in [1.29, 1.82) is 0 Å². The van der Waals surface area contributed by atoms with Gasteiger partial charge in [-0.1, -0.05) is 19.9 Å². The van der Waals surface area contributed by atoms with Gasteiger partial charge in [0.1, 0.15) is 0 Å². The number of nitrogens with zero attached hydrogens (tertiary/aromatic N) is 1. The third-order valence-electron chi connectivity index (χ3n) is 2.90. The first-order chi connectivity index (χ1) is 7.59. The molecule has 0 aliphatic carbocycles. The summed E-state index contributed by atoms with van der Waals surface area (Å²) in [6.07, 6.45) is 6.28. The lowest BCUT2D eigenvalue weighted by atomic mass is 10.0. The van der Waals surface area contributed by atoms with Crippen LogP contribution in [0.15, 0.2) is 24.5 Å². The van der Waals surface area contributed by atoms with Gasteiger partial charge in [-0.15, -0.1) is 0 Å². The van der Waals surface area contributed by atoms with Crippen LogP contribution in [-0.2, 0) is 0 Å². The van der Waals surface area contributed by atoms with Crippen molar-refractivity contribution >= 4 is 0 Å². The van der Waals surface area contributed by atoms with Gasteiger partial charge in [0.2, 0.25) is 0 Å². The lowest BCUT2D eigenvalue weighted by Gasteiger charge is -2.20. The van der Waals surface area contributed by atoms with Crippen molar-refractivity contribution in [3.8, 4) is 0 Å². The lowest BCUT2D eigenvalue weighted by Crippen LogP contribution is -2.29. The number of hydrogen-bond acceptors (Lipinski definition) is 2. The van der Waals surface area contributed by atoms with E-state index in [1.807, 2.05) is 18.5 Å². The van der Waals surface area contributed by atoms with Crippen molar-refractivity contribution in [3.63, 3.8) is 0 Å². The quantitative estimate of drug-likeness (QED) is 0.793. The Kier molecular flexibility index (Phi) is 5.47. The molecular weight excluding hydrogens is 196 g/mol. The van der Waals surface area contributed by atoms with Gasteiger partial charge in [-0.3, -0.25) is 4.98 Å². The zero-order valence-electron chi connectivity index (χ0n) is 10.9. The van der Waals surface area contributed by atoms with Gasteiger partial charge in [0.15, 0.2) is 0 Å². The average molecular weight is 220 g/mol. The summed E-state index contributed by atoms with van der Waals surface area (Å²) >= 11 is 0. The van der Waals surface area contributed by atoms with Crippen molar-refractivity contribution in [1.82, 2.24) is 10.3 Å². The first-order valence-electron chi connectivity index (χ1n) is 6.25. The highest BCUT2D eigenvalue weighted by Gasteiger charge is 2.09. The summed E-state index contributed by atoms with van der Waals surface area (Å²) in [5.41, 5.74) is 1.26. The van der Waals surface area contributed by atoms with Gasteiger partial charge < -0.3 is 5.32 Å². The van der Waals surface area contributed by atoms with Crippen molar-refractivity contribution in [2.45, 2.75) is 52.6 Å². The Labute approximate surface area is 99.5 Å². The molecule has 0 saturated heterocycles. The first-order valence-corrected chi connectivity index (χ1v) is 6.25. The van der Waals surface area contributed by atoms with Crippen LogP contribution in [0.5, 0.6) is 0 Å². The van der Waals surface area contributed by atoms with Crippen LogP contribution < -0.4 is 5.32 Å². The molecule has 0 saturated carbocycles. The molecule has 0 spiro atoms. The van der Waals surface area contributed by atoms with Gasteiger partial charge in [-0.25, -0.2) is 0 Å². The topological polar surface area (TPSA) is 24.9 Å². The number of aromatic nitrogens is 1. The van der Waals surface area contributed by atoms with E-state index < -0.39 is 0 Å². The van der Waals surface area contributed by atoms with Crippen molar-refractivity contribution in [2.24, 2.45) is 5.92 Å². The van der Waals surface area contributed by atoms with Crippen molar-refractivity contribution in [3.05, 3.63) is 30.1 Å². The highest BCUT2D eigenvalue weighted by atomic mass is 14.9. The fraction of sp³-hybridized carbons (Fsp3) is 0.643. The minimum atomic E-state index is 0.385. The van der Waals surface area contributed by atoms with E-state index >= 15 is 0 Å². The molecular formula is C14H24N2. The predicted molar refractivity (Wildman–Crippen MR) is 69.3 cm³/mol. The molecule has 0 radical (unpaired) electrons. The maximum Gasteiger partial charge on any atom is 0.0315 e. The molecule has 2 atom stereocenters. The third kappa shape index (κ3) is 4.75. The minimum Gasteiger partial charge on any atom is -0.308 e. The zero-order valence-corrected chi connectivity index (χ0v) is 10.9. The maximum atomic E-state index is 4.15. The fourth-order valence-corrected chi connectivity index (χ4v) is 1.82. The summed E-state index contributed by atoms with van der Waals surface area (Å²) < 4.78 is 0. The summed E-state index contributed by atoms with van der Waals surface area (Å²) in [4.78, 5) is 4.15. The summed E-state index contributed by atoms with van der Waals surface area (Å²) in [7, 11) is 0. The molecule has 0 aliphatic rings. The second-order valence-corrected chi connectivity index (χ2v) is 5.05. The highest BCUT2D eigenvalue weighted by Crippen LogP contribution is 2.13. The largest absolute Gasteiger partial charge is 0.308 e. The Morgan fingerprint density at radius 3 is 2.50 bits per heavy atom. The minimum absolute atomic E-state index is 0.385. The molecule has 1 aromatic heterocycles. The highest BCUT2D eigenvalue weighted by molar-refractivity contribution is 5.12. The van der Waals surface area contributed by atoms with E-state index in [9.17, 15) is 0 Å². The van der Waals surface area contributed by atoms with E-state index in [-0.39, 0.29) is 0 Å². The SMILES string of the molecule is CC(C)CCC(C)NC(C)c1cccnc1. The zero-order chi connectivity index (χ0) is 12.0. The van der Waals surface area contributed by atoms with Crippen molar-refractivity contribution in [2.75, 3.05) is 0 Å². The van der Waals surface area contributed by atoms with Crippen LogP contribution in [0.1, 0.15) is 52.1 Å². The van der Waals surface area contributed by atoms with E-state index in [1.54, 1.807) is 0 Å². The number of nitrogens with one attached hydrogen (secondary N) is 1.